The fourth-order valence-corrected chi connectivity index (χ4v) is 2.72. The lowest BCUT2D eigenvalue weighted by atomic mass is 10.1. The predicted octanol–water partition coefficient (Wildman–Crippen LogP) is 4.84. The van der Waals surface area contributed by atoms with Gasteiger partial charge < -0.3 is 19.5 Å². The van der Waals surface area contributed by atoms with Crippen LogP contribution in [-0.2, 0) is 6.61 Å². The molecule has 0 fully saturated rings. The number of aryl methyl sites for hydroxylation is 1. The number of carbonyl (C=O) groups excluding carboxylic acids is 1. The molecule has 0 unspecified atom stereocenters. The average molecular weight is 377 g/mol. The standard InChI is InChI=1S/C23H23NO4/c1-16-8-10-17(11-9-16)15-28-21-13-12-18(14-22(21)27-3)23(25)24-19-6-4-5-7-20(19)26-2/h4-14H,15H2,1-3H3,(H,24,25). The number of methoxy groups -OCH3 is 2. The molecule has 28 heavy (non-hydrogen) atoms. The van der Waals surface area contributed by atoms with Crippen molar-refractivity contribution in [3.8, 4) is 17.2 Å². The lowest BCUT2D eigenvalue weighted by Gasteiger charge is -2.13. The SMILES string of the molecule is COc1ccccc1NC(=O)c1ccc(OCc2ccc(C)cc2)c(OC)c1. The van der Waals surface area contributed by atoms with Gasteiger partial charge in [-0.3, -0.25) is 4.79 Å². The molecule has 0 saturated heterocycles. The Labute approximate surface area is 164 Å². The molecule has 144 valence electrons. The van der Waals surface area contributed by atoms with Crippen LogP contribution in [0.1, 0.15) is 21.5 Å². The van der Waals surface area contributed by atoms with Crippen LogP contribution in [0.3, 0.4) is 0 Å². The highest BCUT2D eigenvalue weighted by molar-refractivity contribution is 6.05. The highest BCUT2D eigenvalue weighted by Crippen LogP contribution is 2.30. The number of carbonyl (C=O) groups is 1. The van der Waals surface area contributed by atoms with E-state index in [1.807, 2.05) is 43.3 Å². The van der Waals surface area contributed by atoms with Crippen LogP contribution in [0.25, 0.3) is 0 Å². The minimum atomic E-state index is -0.257. The maximum Gasteiger partial charge on any atom is 0.255 e. The molecule has 0 radical (unpaired) electrons. The van der Waals surface area contributed by atoms with Crippen LogP contribution in [0.4, 0.5) is 5.69 Å². The van der Waals surface area contributed by atoms with Gasteiger partial charge in [-0.05, 0) is 42.8 Å². The van der Waals surface area contributed by atoms with E-state index in [0.29, 0.717) is 35.1 Å². The van der Waals surface area contributed by atoms with Gasteiger partial charge in [0.05, 0.1) is 19.9 Å². The van der Waals surface area contributed by atoms with E-state index in [0.717, 1.165) is 5.56 Å². The summed E-state index contributed by atoms with van der Waals surface area (Å²) in [5.41, 5.74) is 3.33. The van der Waals surface area contributed by atoms with Gasteiger partial charge in [-0.2, -0.15) is 0 Å². The van der Waals surface area contributed by atoms with Crippen LogP contribution in [0.2, 0.25) is 0 Å². The van der Waals surface area contributed by atoms with Gasteiger partial charge in [0.25, 0.3) is 5.91 Å². The second-order valence-electron chi connectivity index (χ2n) is 6.29. The van der Waals surface area contributed by atoms with E-state index < -0.39 is 0 Å². The Balaban J connectivity index is 1.73. The fraction of sp³-hybridized carbons (Fsp3) is 0.174. The smallest absolute Gasteiger partial charge is 0.255 e. The molecule has 3 aromatic rings. The molecule has 5 heteroatoms. The number of amides is 1. The zero-order chi connectivity index (χ0) is 19.9. The molecule has 0 bridgehead atoms. The van der Waals surface area contributed by atoms with Crippen molar-refractivity contribution in [1.29, 1.82) is 0 Å². The molecule has 0 aliphatic heterocycles. The van der Waals surface area contributed by atoms with Gasteiger partial charge in [-0.15, -0.1) is 0 Å². The summed E-state index contributed by atoms with van der Waals surface area (Å²) in [5.74, 6) is 1.42. The minimum absolute atomic E-state index is 0.257. The third-order valence-corrected chi connectivity index (χ3v) is 4.30. The van der Waals surface area contributed by atoms with Crippen molar-refractivity contribution >= 4 is 11.6 Å². The van der Waals surface area contributed by atoms with Gasteiger partial charge in [0.2, 0.25) is 0 Å². The summed E-state index contributed by atoms with van der Waals surface area (Å²) < 4.78 is 16.5. The molecule has 0 aromatic heterocycles. The summed E-state index contributed by atoms with van der Waals surface area (Å²) in [7, 11) is 3.12. The third kappa shape index (κ3) is 4.62. The topological polar surface area (TPSA) is 56.8 Å². The molecule has 1 amide bonds. The highest BCUT2D eigenvalue weighted by atomic mass is 16.5. The lowest BCUT2D eigenvalue weighted by Crippen LogP contribution is -2.13. The summed E-state index contributed by atoms with van der Waals surface area (Å²) in [6, 6.07) is 20.5. The zero-order valence-electron chi connectivity index (χ0n) is 16.2. The first kappa shape index (κ1) is 19.3. The van der Waals surface area contributed by atoms with Gasteiger partial charge in [-0.1, -0.05) is 42.0 Å². The Bertz CT molecular complexity index is 951. The molecule has 5 nitrogen and oxygen atoms in total. The molecule has 0 heterocycles. The van der Waals surface area contributed by atoms with Crippen LogP contribution in [-0.4, -0.2) is 20.1 Å². The van der Waals surface area contributed by atoms with Gasteiger partial charge in [-0.25, -0.2) is 0 Å². The first-order valence-corrected chi connectivity index (χ1v) is 8.91. The van der Waals surface area contributed by atoms with Gasteiger partial charge >= 0.3 is 0 Å². The Kier molecular flexibility index (Phi) is 6.17. The second kappa shape index (κ2) is 8.95. The Morgan fingerprint density at radius 3 is 2.29 bits per heavy atom. The summed E-state index contributed by atoms with van der Waals surface area (Å²) in [6.07, 6.45) is 0. The first-order valence-electron chi connectivity index (χ1n) is 8.91. The van der Waals surface area contributed by atoms with E-state index in [-0.39, 0.29) is 5.91 Å². The van der Waals surface area contributed by atoms with E-state index in [9.17, 15) is 4.79 Å². The number of nitrogens with one attached hydrogen (secondary N) is 1. The first-order chi connectivity index (χ1) is 13.6. The predicted molar refractivity (Wildman–Crippen MR) is 109 cm³/mol. The molecule has 3 aromatic carbocycles. The number of hydrogen-bond donors (Lipinski definition) is 1. The zero-order valence-corrected chi connectivity index (χ0v) is 16.2. The number of para-hydroxylation sites is 2. The fourth-order valence-electron chi connectivity index (χ4n) is 2.72. The summed E-state index contributed by atoms with van der Waals surface area (Å²) >= 11 is 0. The van der Waals surface area contributed by atoms with Crippen molar-refractivity contribution in [2.75, 3.05) is 19.5 Å². The molecular formula is C23H23NO4. The van der Waals surface area contributed by atoms with Crippen molar-refractivity contribution < 1.29 is 19.0 Å². The van der Waals surface area contributed by atoms with Crippen LogP contribution in [0.15, 0.2) is 66.7 Å². The number of ether oxygens (including phenoxy) is 3. The van der Waals surface area contributed by atoms with Crippen LogP contribution in [0.5, 0.6) is 17.2 Å². The largest absolute Gasteiger partial charge is 0.495 e. The van der Waals surface area contributed by atoms with Crippen molar-refractivity contribution in [3.05, 3.63) is 83.4 Å². The number of benzene rings is 3. The average Bonchev–Trinajstić information content (AvgIpc) is 2.73. The third-order valence-electron chi connectivity index (χ3n) is 4.30. The van der Waals surface area contributed by atoms with Crippen LogP contribution in [0, 0.1) is 6.92 Å². The molecule has 0 aliphatic carbocycles. The van der Waals surface area contributed by atoms with Gasteiger partial charge in [0, 0.05) is 5.56 Å². The highest BCUT2D eigenvalue weighted by Gasteiger charge is 2.13. The van der Waals surface area contributed by atoms with E-state index in [1.165, 1.54) is 5.56 Å². The molecule has 0 saturated carbocycles. The van der Waals surface area contributed by atoms with E-state index in [1.54, 1.807) is 44.6 Å². The van der Waals surface area contributed by atoms with Crippen LogP contribution >= 0.6 is 0 Å². The number of rotatable bonds is 7. The Morgan fingerprint density at radius 2 is 1.57 bits per heavy atom. The van der Waals surface area contributed by atoms with E-state index in [2.05, 4.69) is 5.32 Å². The van der Waals surface area contributed by atoms with Gasteiger partial charge in [0.15, 0.2) is 11.5 Å². The minimum Gasteiger partial charge on any atom is -0.495 e. The monoisotopic (exact) mass is 377 g/mol. The maximum atomic E-state index is 12.6. The lowest BCUT2D eigenvalue weighted by molar-refractivity contribution is 0.102. The van der Waals surface area contributed by atoms with E-state index >= 15 is 0 Å². The Hall–Kier alpha value is -3.47. The molecule has 0 spiro atoms. The molecule has 1 N–H and O–H groups in total. The van der Waals surface area contributed by atoms with Crippen molar-refractivity contribution in [2.24, 2.45) is 0 Å². The second-order valence-corrected chi connectivity index (χ2v) is 6.29. The van der Waals surface area contributed by atoms with Crippen molar-refractivity contribution in [3.63, 3.8) is 0 Å². The molecule has 0 atom stereocenters. The summed E-state index contributed by atoms with van der Waals surface area (Å²) in [4.78, 5) is 12.6. The van der Waals surface area contributed by atoms with Crippen molar-refractivity contribution in [2.45, 2.75) is 13.5 Å². The Morgan fingerprint density at radius 1 is 0.857 bits per heavy atom. The van der Waals surface area contributed by atoms with Crippen LogP contribution < -0.4 is 19.5 Å². The molecule has 0 aliphatic rings. The van der Waals surface area contributed by atoms with Gasteiger partial charge in [0.1, 0.15) is 12.4 Å². The number of hydrogen-bond acceptors (Lipinski definition) is 4. The maximum absolute atomic E-state index is 12.6. The van der Waals surface area contributed by atoms with E-state index in [4.69, 9.17) is 14.2 Å². The summed E-state index contributed by atoms with van der Waals surface area (Å²) in [5, 5.41) is 2.85. The quantitative estimate of drug-likeness (QED) is 0.640. The van der Waals surface area contributed by atoms with Crippen molar-refractivity contribution in [1.82, 2.24) is 0 Å². The molecule has 3 rings (SSSR count). The summed E-state index contributed by atoms with van der Waals surface area (Å²) in [6.45, 7) is 2.46. The normalized spacial score (nSPS) is 10.2. The molecular weight excluding hydrogens is 354 g/mol. The number of anilines is 1.